The lowest BCUT2D eigenvalue weighted by atomic mass is 10.1. The second kappa shape index (κ2) is 6.80. The molecule has 1 N–H and O–H groups in total. The van der Waals surface area contributed by atoms with Gasteiger partial charge < -0.3 is 18.9 Å². The molecule has 4 rings (SSSR count). The molecule has 4 aromatic rings. The Bertz CT molecular complexity index is 1250. The Morgan fingerprint density at radius 2 is 2.04 bits per heavy atom. The first-order chi connectivity index (χ1) is 13.5. The van der Waals surface area contributed by atoms with Crippen molar-refractivity contribution in [1.82, 2.24) is 14.7 Å². The van der Waals surface area contributed by atoms with Gasteiger partial charge in [0.05, 0.1) is 18.2 Å². The molecular weight excluding hydrogens is 365 g/mol. The highest BCUT2D eigenvalue weighted by Gasteiger charge is 2.23. The summed E-state index contributed by atoms with van der Waals surface area (Å²) >= 11 is 0. The van der Waals surface area contributed by atoms with Crippen LogP contribution in [0.2, 0.25) is 0 Å². The number of aromatic hydroxyl groups is 1. The van der Waals surface area contributed by atoms with Crippen LogP contribution >= 0.6 is 0 Å². The minimum Gasteiger partial charge on any atom is -0.506 e. The number of rotatable bonds is 4. The van der Waals surface area contributed by atoms with Crippen molar-refractivity contribution in [2.75, 3.05) is 7.11 Å². The quantitative estimate of drug-likeness (QED) is 0.581. The van der Waals surface area contributed by atoms with Gasteiger partial charge in [0.1, 0.15) is 22.9 Å². The molecule has 0 aliphatic rings. The van der Waals surface area contributed by atoms with Gasteiger partial charge in [0.2, 0.25) is 5.82 Å². The summed E-state index contributed by atoms with van der Waals surface area (Å²) in [6, 6.07) is 10.9. The smallest absolute Gasteiger partial charge is 0.267 e. The van der Waals surface area contributed by atoms with Crippen LogP contribution in [-0.4, -0.2) is 26.9 Å². The number of halogens is 1. The molecule has 0 radical (unpaired) electrons. The highest BCUT2D eigenvalue weighted by Crippen LogP contribution is 2.34. The highest BCUT2D eigenvalue weighted by molar-refractivity contribution is 5.91. The molecule has 0 saturated heterocycles. The number of aryl methyl sites for hydroxylation is 1. The number of para-hydroxylation sites is 1. The van der Waals surface area contributed by atoms with E-state index in [1.54, 1.807) is 31.2 Å². The van der Waals surface area contributed by atoms with Crippen LogP contribution in [-0.2, 0) is 6.54 Å². The average Bonchev–Trinajstić information content (AvgIpc) is 3.18. The maximum atomic E-state index is 13.7. The first-order valence-corrected chi connectivity index (χ1v) is 8.57. The first-order valence-electron chi connectivity index (χ1n) is 8.57. The molecular formula is C20H16FN3O4. The lowest BCUT2D eigenvalue weighted by Crippen LogP contribution is -2.21. The fourth-order valence-corrected chi connectivity index (χ4v) is 3.18. The van der Waals surface area contributed by atoms with Crippen LogP contribution in [0.3, 0.4) is 0 Å². The van der Waals surface area contributed by atoms with Crippen molar-refractivity contribution >= 4 is 10.9 Å². The molecule has 0 bridgehead atoms. The molecule has 2 aromatic carbocycles. The fourth-order valence-electron chi connectivity index (χ4n) is 3.18. The largest absolute Gasteiger partial charge is 0.506 e. The lowest BCUT2D eigenvalue weighted by molar-refractivity contribution is 0.412. The van der Waals surface area contributed by atoms with Gasteiger partial charge in [-0.1, -0.05) is 17.3 Å². The van der Waals surface area contributed by atoms with Crippen molar-refractivity contribution in [3.05, 3.63) is 58.6 Å². The number of benzene rings is 2. The molecule has 0 spiro atoms. The van der Waals surface area contributed by atoms with E-state index in [2.05, 4.69) is 10.1 Å². The maximum absolute atomic E-state index is 13.7. The van der Waals surface area contributed by atoms with Gasteiger partial charge in [-0.3, -0.25) is 4.79 Å². The average molecular weight is 381 g/mol. The molecule has 0 aliphatic carbocycles. The third kappa shape index (κ3) is 2.70. The van der Waals surface area contributed by atoms with Gasteiger partial charge in [-0.15, -0.1) is 0 Å². The van der Waals surface area contributed by atoms with Gasteiger partial charge in [-0.05, 0) is 37.3 Å². The first kappa shape index (κ1) is 17.7. The summed E-state index contributed by atoms with van der Waals surface area (Å²) in [6.07, 6.45) is 0. The Kier molecular flexibility index (Phi) is 4.31. The number of ether oxygens (including phenoxy) is 1. The minimum absolute atomic E-state index is 0.156. The molecule has 0 atom stereocenters. The number of fused-ring (bicyclic) bond motifs is 1. The summed E-state index contributed by atoms with van der Waals surface area (Å²) in [4.78, 5) is 17.2. The predicted molar refractivity (Wildman–Crippen MR) is 101 cm³/mol. The van der Waals surface area contributed by atoms with Crippen molar-refractivity contribution in [2.24, 2.45) is 0 Å². The van der Waals surface area contributed by atoms with Gasteiger partial charge in [-0.2, -0.15) is 4.98 Å². The zero-order valence-electron chi connectivity index (χ0n) is 15.1. The number of nitrogens with zero attached hydrogens (tertiary/aromatic N) is 3. The Hall–Kier alpha value is -3.68. The van der Waals surface area contributed by atoms with Crippen molar-refractivity contribution in [2.45, 2.75) is 13.5 Å². The zero-order chi connectivity index (χ0) is 19.8. The van der Waals surface area contributed by atoms with E-state index in [0.717, 1.165) is 6.07 Å². The Morgan fingerprint density at radius 1 is 1.25 bits per heavy atom. The molecule has 8 heteroatoms. The van der Waals surface area contributed by atoms with E-state index in [9.17, 15) is 14.3 Å². The van der Waals surface area contributed by atoms with Crippen molar-refractivity contribution in [3.8, 4) is 34.3 Å². The second-order valence-corrected chi connectivity index (χ2v) is 6.06. The van der Waals surface area contributed by atoms with Crippen LogP contribution in [0.5, 0.6) is 11.5 Å². The Labute approximate surface area is 158 Å². The van der Waals surface area contributed by atoms with E-state index in [1.165, 1.54) is 23.8 Å². The molecule has 0 unspecified atom stereocenters. The molecule has 2 aromatic heterocycles. The summed E-state index contributed by atoms with van der Waals surface area (Å²) in [7, 11) is 1.52. The summed E-state index contributed by atoms with van der Waals surface area (Å²) in [5, 5.41) is 14.8. The predicted octanol–water partition coefficient (Wildman–Crippen LogP) is 3.59. The van der Waals surface area contributed by atoms with Gasteiger partial charge in [-0.25, -0.2) is 4.39 Å². The SMILES string of the molecule is CCn1c(=O)c(-c2nc(-c3ccccc3OC)no2)c(O)c2cc(F)ccc21. The molecule has 2 heterocycles. The lowest BCUT2D eigenvalue weighted by Gasteiger charge is -2.11. The number of pyridine rings is 1. The fraction of sp³-hybridized carbons (Fsp3) is 0.150. The topological polar surface area (TPSA) is 90.4 Å². The Morgan fingerprint density at radius 3 is 2.79 bits per heavy atom. The van der Waals surface area contributed by atoms with Crippen molar-refractivity contribution in [1.29, 1.82) is 0 Å². The van der Waals surface area contributed by atoms with Gasteiger partial charge in [0, 0.05) is 11.9 Å². The number of aromatic nitrogens is 3. The normalized spacial score (nSPS) is 11.1. The van der Waals surface area contributed by atoms with Crippen LogP contribution in [0, 0.1) is 5.82 Å². The van der Waals surface area contributed by atoms with Crippen LogP contribution < -0.4 is 10.3 Å². The molecule has 0 fully saturated rings. The molecule has 0 amide bonds. The van der Waals surface area contributed by atoms with Gasteiger partial charge in [0.15, 0.2) is 0 Å². The van der Waals surface area contributed by atoms with Gasteiger partial charge >= 0.3 is 0 Å². The minimum atomic E-state index is -0.532. The monoisotopic (exact) mass is 381 g/mol. The van der Waals surface area contributed by atoms with Crippen LogP contribution in [0.4, 0.5) is 4.39 Å². The summed E-state index contributed by atoms with van der Waals surface area (Å²) in [5.74, 6) is -0.356. The molecule has 7 nitrogen and oxygen atoms in total. The van der Waals surface area contributed by atoms with Gasteiger partial charge in [0.25, 0.3) is 11.4 Å². The van der Waals surface area contributed by atoms with E-state index >= 15 is 0 Å². The molecule has 0 aliphatic heterocycles. The number of methoxy groups -OCH3 is 1. The molecule has 28 heavy (non-hydrogen) atoms. The maximum Gasteiger partial charge on any atom is 0.267 e. The second-order valence-electron chi connectivity index (χ2n) is 6.06. The summed E-state index contributed by atoms with van der Waals surface area (Å²) in [6.45, 7) is 2.10. The van der Waals surface area contributed by atoms with E-state index in [1.807, 2.05) is 0 Å². The Balaban J connectivity index is 1.96. The third-order valence-corrected chi connectivity index (χ3v) is 4.50. The van der Waals surface area contributed by atoms with E-state index in [0.29, 0.717) is 23.4 Å². The van der Waals surface area contributed by atoms with E-state index in [4.69, 9.17) is 9.26 Å². The van der Waals surface area contributed by atoms with Crippen molar-refractivity contribution in [3.63, 3.8) is 0 Å². The van der Waals surface area contributed by atoms with Crippen LogP contribution in [0.1, 0.15) is 6.92 Å². The highest BCUT2D eigenvalue weighted by atomic mass is 19.1. The summed E-state index contributed by atoms with van der Waals surface area (Å²) in [5.41, 5.74) is 0.310. The van der Waals surface area contributed by atoms with E-state index < -0.39 is 17.1 Å². The van der Waals surface area contributed by atoms with Crippen LogP contribution in [0.25, 0.3) is 33.7 Å². The summed E-state index contributed by atoms with van der Waals surface area (Å²) < 4.78 is 25.7. The zero-order valence-corrected chi connectivity index (χ0v) is 15.1. The third-order valence-electron chi connectivity index (χ3n) is 4.50. The molecule has 0 saturated carbocycles. The molecule has 142 valence electrons. The number of hydrogen-bond donors (Lipinski definition) is 1. The van der Waals surface area contributed by atoms with Crippen molar-refractivity contribution < 1.29 is 18.8 Å². The van der Waals surface area contributed by atoms with Crippen LogP contribution in [0.15, 0.2) is 51.8 Å². The number of hydrogen-bond acceptors (Lipinski definition) is 6. The van der Waals surface area contributed by atoms with E-state index in [-0.39, 0.29) is 22.7 Å². The standard InChI is InChI=1S/C20H16FN3O4/c1-3-24-14-9-8-11(21)10-13(14)17(25)16(20(24)26)19-22-18(23-28-19)12-6-4-5-7-15(12)27-2/h4-10,25H,3H2,1-2H3.